The second-order valence-corrected chi connectivity index (χ2v) is 5.53. The van der Waals surface area contributed by atoms with Crippen molar-refractivity contribution in [1.82, 2.24) is 4.90 Å². The smallest absolute Gasteiger partial charge is 0.0917 e. The maximum Gasteiger partial charge on any atom is 0.0917 e. The van der Waals surface area contributed by atoms with Gasteiger partial charge in [-0.05, 0) is 23.1 Å². The fourth-order valence-corrected chi connectivity index (χ4v) is 2.82. The molecule has 3 rings (SSSR count). The summed E-state index contributed by atoms with van der Waals surface area (Å²) in [6, 6.07) is 20.5. The Morgan fingerprint density at radius 1 is 0.952 bits per heavy atom. The lowest BCUT2D eigenvalue weighted by atomic mass is 9.99. The summed E-state index contributed by atoms with van der Waals surface area (Å²) in [6.07, 6.45) is 2.93. The van der Waals surface area contributed by atoms with Crippen molar-refractivity contribution in [3.8, 4) is 0 Å². The molecule has 108 valence electrons. The molecule has 0 aromatic heterocycles. The Balaban J connectivity index is 1.60. The highest BCUT2D eigenvalue weighted by Crippen LogP contribution is 2.23. The van der Waals surface area contributed by atoms with Gasteiger partial charge in [0.1, 0.15) is 0 Å². The van der Waals surface area contributed by atoms with E-state index in [2.05, 4.69) is 41.3 Å². The van der Waals surface area contributed by atoms with E-state index in [1.54, 1.807) is 0 Å². The molecule has 2 aromatic rings. The van der Waals surface area contributed by atoms with Gasteiger partial charge >= 0.3 is 0 Å². The molecule has 1 atom stereocenters. The molecule has 0 saturated carbocycles. The van der Waals surface area contributed by atoms with Crippen LogP contribution in [0.15, 0.2) is 66.7 Å². The number of aliphatic hydroxyl groups excluding tert-OH is 1. The Labute approximate surface area is 126 Å². The monoisotopic (exact) mass is 279 g/mol. The zero-order chi connectivity index (χ0) is 14.5. The van der Waals surface area contributed by atoms with Crippen molar-refractivity contribution >= 4 is 5.57 Å². The van der Waals surface area contributed by atoms with Crippen molar-refractivity contribution in [2.24, 2.45) is 0 Å². The molecule has 0 bridgehead atoms. The number of aliphatic hydroxyl groups is 1. The number of hydrogen-bond donors (Lipinski definition) is 1. The molecule has 0 spiro atoms. The summed E-state index contributed by atoms with van der Waals surface area (Å²) in [6.45, 7) is 2.61. The predicted octanol–water partition coefficient (Wildman–Crippen LogP) is 3.51. The Kier molecular flexibility index (Phi) is 4.49. The van der Waals surface area contributed by atoms with E-state index in [-0.39, 0.29) is 0 Å². The summed E-state index contributed by atoms with van der Waals surface area (Å²) in [7, 11) is 0. The van der Waals surface area contributed by atoms with Crippen LogP contribution in [0.2, 0.25) is 0 Å². The SMILES string of the molecule is OC(CN1CC=C(c2ccccc2)CC1)c1ccccc1. The number of hydrogen-bond acceptors (Lipinski definition) is 2. The van der Waals surface area contributed by atoms with Crippen LogP contribution in [-0.2, 0) is 0 Å². The Bertz CT molecular complexity index is 591. The van der Waals surface area contributed by atoms with Crippen molar-refractivity contribution in [2.75, 3.05) is 19.6 Å². The minimum absolute atomic E-state index is 0.405. The first-order chi connectivity index (χ1) is 10.3. The predicted molar refractivity (Wildman–Crippen MR) is 86.9 cm³/mol. The van der Waals surface area contributed by atoms with Gasteiger partial charge in [-0.15, -0.1) is 0 Å². The Morgan fingerprint density at radius 2 is 1.62 bits per heavy atom. The van der Waals surface area contributed by atoms with Crippen LogP contribution in [0.4, 0.5) is 0 Å². The van der Waals surface area contributed by atoms with Gasteiger partial charge in [0, 0.05) is 19.6 Å². The summed E-state index contributed by atoms with van der Waals surface area (Å²) < 4.78 is 0. The molecule has 0 saturated heterocycles. The summed E-state index contributed by atoms with van der Waals surface area (Å²) >= 11 is 0. The van der Waals surface area contributed by atoms with E-state index >= 15 is 0 Å². The number of benzene rings is 2. The highest BCUT2D eigenvalue weighted by atomic mass is 16.3. The number of rotatable bonds is 4. The summed E-state index contributed by atoms with van der Waals surface area (Å²) in [5, 5.41) is 10.3. The van der Waals surface area contributed by atoms with E-state index in [4.69, 9.17) is 0 Å². The molecule has 21 heavy (non-hydrogen) atoms. The average Bonchev–Trinajstić information content (AvgIpc) is 2.57. The van der Waals surface area contributed by atoms with Crippen LogP contribution in [0.5, 0.6) is 0 Å². The van der Waals surface area contributed by atoms with Crippen molar-refractivity contribution in [3.05, 3.63) is 77.9 Å². The highest BCUT2D eigenvalue weighted by Gasteiger charge is 2.16. The average molecular weight is 279 g/mol. The van der Waals surface area contributed by atoms with Gasteiger partial charge in [0.2, 0.25) is 0 Å². The first kappa shape index (κ1) is 14.1. The van der Waals surface area contributed by atoms with Gasteiger partial charge < -0.3 is 5.11 Å². The van der Waals surface area contributed by atoms with Gasteiger partial charge in [0.15, 0.2) is 0 Å². The van der Waals surface area contributed by atoms with Gasteiger partial charge in [-0.2, -0.15) is 0 Å². The third kappa shape index (κ3) is 3.60. The lowest BCUT2D eigenvalue weighted by Gasteiger charge is -2.28. The maximum atomic E-state index is 10.3. The van der Waals surface area contributed by atoms with E-state index < -0.39 is 6.10 Å². The fourth-order valence-electron chi connectivity index (χ4n) is 2.82. The van der Waals surface area contributed by atoms with Crippen LogP contribution in [0, 0.1) is 0 Å². The van der Waals surface area contributed by atoms with E-state index in [1.807, 2.05) is 30.3 Å². The third-order valence-electron chi connectivity index (χ3n) is 4.05. The quantitative estimate of drug-likeness (QED) is 0.926. The summed E-state index contributed by atoms with van der Waals surface area (Å²) in [4.78, 5) is 2.31. The topological polar surface area (TPSA) is 23.5 Å². The molecule has 1 aliphatic rings. The zero-order valence-electron chi connectivity index (χ0n) is 12.2. The van der Waals surface area contributed by atoms with Gasteiger partial charge in [0.25, 0.3) is 0 Å². The molecule has 2 aromatic carbocycles. The van der Waals surface area contributed by atoms with E-state index in [1.165, 1.54) is 11.1 Å². The molecule has 0 aliphatic carbocycles. The van der Waals surface area contributed by atoms with Crippen molar-refractivity contribution in [2.45, 2.75) is 12.5 Å². The third-order valence-corrected chi connectivity index (χ3v) is 4.05. The van der Waals surface area contributed by atoms with Gasteiger partial charge in [-0.3, -0.25) is 4.90 Å². The van der Waals surface area contributed by atoms with Crippen molar-refractivity contribution in [3.63, 3.8) is 0 Å². The van der Waals surface area contributed by atoms with Crippen LogP contribution < -0.4 is 0 Å². The molecule has 0 radical (unpaired) electrons. The summed E-state index contributed by atoms with van der Waals surface area (Å²) in [5.41, 5.74) is 3.73. The first-order valence-electron chi connectivity index (χ1n) is 7.53. The molecule has 2 nitrogen and oxygen atoms in total. The van der Waals surface area contributed by atoms with E-state index in [9.17, 15) is 5.11 Å². The minimum atomic E-state index is -0.405. The highest BCUT2D eigenvalue weighted by molar-refractivity contribution is 5.66. The van der Waals surface area contributed by atoms with E-state index in [0.29, 0.717) is 6.54 Å². The molecule has 1 unspecified atom stereocenters. The van der Waals surface area contributed by atoms with Gasteiger partial charge in [-0.1, -0.05) is 66.7 Å². The molecule has 1 heterocycles. The maximum absolute atomic E-state index is 10.3. The minimum Gasteiger partial charge on any atom is -0.387 e. The molecule has 0 amide bonds. The van der Waals surface area contributed by atoms with Crippen LogP contribution in [0.25, 0.3) is 5.57 Å². The lowest BCUT2D eigenvalue weighted by molar-refractivity contribution is 0.119. The molecular weight excluding hydrogens is 258 g/mol. The fraction of sp³-hybridized carbons (Fsp3) is 0.263. The number of nitrogens with zero attached hydrogens (tertiary/aromatic N) is 1. The molecule has 0 fully saturated rings. The largest absolute Gasteiger partial charge is 0.387 e. The van der Waals surface area contributed by atoms with Crippen LogP contribution in [0.3, 0.4) is 0 Å². The molecule has 1 aliphatic heterocycles. The number of β-amino-alcohol motifs (C(OH)–C–C–N with tert-alkyl or cyclic N) is 1. The van der Waals surface area contributed by atoms with Crippen LogP contribution in [-0.4, -0.2) is 29.6 Å². The van der Waals surface area contributed by atoms with Crippen LogP contribution >= 0.6 is 0 Å². The first-order valence-corrected chi connectivity index (χ1v) is 7.53. The van der Waals surface area contributed by atoms with Gasteiger partial charge in [0.05, 0.1) is 6.10 Å². The Morgan fingerprint density at radius 3 is 2.24 bits per heavy atom. The standard InChI is InChI=1S/C19H21NO/c21-19(18-9-5-2-6-10-18)15-20-13-11-17(12-14-20)16-7-3-1-4-8-16/h1-11,19,21H,12-15H2. The second kappa shape index (κ2) is 6.70. The lowest BCUT2D eigenvalue weighted by Crippen LogP contribution is -2.32. The van der Waals surface area contributed by atoms with Crippen molar-refractivity contribution < 1.29 is 5.11 Å². The molecule has 1 N–H and O–H groups in total. The zero-order valence-corrected chi connectivity index (χ0v) is 12.2. The van der Waals surface area contributed by atoms with E-state index in [0.717, 1.165) is 25.1 Å². The second-order valence-electron chi connectivity index (χ2n) is 5.53. The van der Waals surface area contributed by atoms with Crippen molar-refractivity contribution in [1.29, 1.82) is 0 Å². The Hall–Kier alpha value is -1.90. The van der Waals surface area contributed by atoms with Crippen LogP contribution in [0.1, 0.15) is 23.7 Å². The summed E-state index contributed by atoms with van der Waals surface area (Å²) in [5.74, 6) is 0. The molecule has 2 heteroatoms. The van der Waals surface area contributed by atoms with Gasteiger partial charge in [-0.25, -0.2) is 0 Å². The molecular formula is C19H21NO. The normalized spacial score (nSPS) is 17.3.